The summed E-state index contributed by atoms with van der Waals surface area (Å²) in [6.45, 7) is 3.98. The van der Waals surface area contributed by atoms with E-state index < -0.39 is 0 Å². The predicted molar refractivity (Wildman–Crippen MR) is 43.1 cm³/mol. The molecule has 1 unspecified atom stereocenters. The van der Waals surface area contributed by atoms with Gasteiger partial charge in [-0.25, -0.2) is 0 Å². The molecule has 0 bridgehead atoms. The fraction of sp³-hybridized carbons (Fsp3) is 0.375. The zero-order valence-electron chi connectivity index (χ0n) is 6.09. The fourth-order valence-electron chi connectivity index (χ4n) is 0.750. The lowest BCUT2D eigenvalue weighted by Gasteiger charge is -1.93. The minimum atomic E-state index is 0.0544. The van der Waals surface area contributed by atoms with Gasteiger partial charge in [0.25, 0.3) is 0 Å². The molecule has 0 N–H and O–H groups in total. The Morgan fingerprint density at radius 2 is 2.30 bits per heavy atom. The molecular formula is C8H9NS. The van der Waals surface area contributed by atoms with E-state index in [1.54, 1.807) is 11.3 Å². The minimum absolute atomic E-state index is 0.0544. The maximum Gasteiger partial charge on any atom is 0.0778 e. The Hall–Kier alpha value is -0.810. The number of rotatable bonds is 1. The largest absolute Gasteiger partial charge is 0.198 e. The van der Waals surface area contributed by atoms with E-state index in [-0.39, 0.29) is 5.92 Å². The van der Waals surface area contributed by atoms with Crippen molar-refractivity contribution in [2.75, 3.05) is 0 Å². The molecule has 1 atom stereocenters. The summed E-state index contributed by atoms with van der Waals surface area (Å²) < 4.78 is 0. The van der Waals surface area contributed by atoms with Gasteiger partial charge in [0.1, 0.15) is 0 Å². The number of thiophene rings is 1. The molecule has 0 spiro atoms. The molecule has 0 fully saturated rings. The Kier molecular flexibility index (Phi) is 2.08. The molecule has 0 saturated carbocycles. The molecular weight excluding hydrogens is 142 g/mol. The van der Waals surface area contributed by atoms with Crippen LogP contribution in [0, 0.1) is 18.3 Å². The van der Waals surface area contributed by atoms with Crippen LogP contribution in [0.15, 0.2) is 12.1 Å². The van der Waals surface area contributed by atoms with Crippen LogP contribution in [0.4, 0.5) is 0 Å². The topological polar surface area (TPSA) is 23.8 Å². The lowest BCUT2D eigenvalue weighted by molar-refractivity contribution is 1.01. The molecule has 0 amide bonds. The Morgan fingerprint density at radius 3 is 2.70 bits per heavy atom. The van der Waals surface area contributed by atoms with Crippen molar-refractivity contribution in [3.63, 3.8) is 0 Å². The summed E-state index contributed by atoms with van der Waals surface area (Å²) >= 11 is 1.70. The molecule has 10 heavy (non-hydrogen) atoms. The Morgan fingerprint density at radius 1 is 1.60 bits per heavy atom. The van der Waals surface area contributed by atoms with Gasteiger partial charge >= 0.3 is 0 Å². The van der Waals surface area contributed by atoms with Crippen LogP contribution in [-0.2, 0) is 0 Å². The van der Waals surface area contributed by atoms with Crippen molar-refractivity contribution in [2.45, 2.75) is 19.8 Å². The quantitative estimate of drug-likeness (QED) is 0.605. The molecule has 1 aromatic rings. The van der Waals surface area contributed by atoms with E-state index in [0.29, 0.717) is 0 Å². The highest BCUT2D eigenvalue weighted by atomic mass is 32.1. The second kappa shape index (κ2) is 2.85. The van der Waals surface area contributed by atoms with Crippen molar-refractivity contribution in [1.82, 2.24) is 0 Å². The van der Waals surface area contributed by atoms with Crippen molar-refractivity contribution in [3.05, 3.63) is 21.9 Å². The van der Waals surface area contributed by atoms with Crippen LogP contribution < -0.4 is 0 Å². The average molecular weight is 151 g/mol. The van der Waals surface area contributed by atoms with Gasteiger partial charge in [-0.2, -0.15) is 5.26 Å². The smallest absolute Gasteiger partial charge is 0.0778 e. The van der Waals surface area contributed by atoms with Crippen LogP contribution in [0.2, 0.25) is 0 Å². The first-order chi connectivity index (χ1) is 4.74. The molecule has 1 rings (SSSR count). The third kappa shape index (κ3) is 1.37. The van der Waals surface area contributed by atoms with Gasteiger partial charge < -0.3 is 0 Å². The second-order valence-electron chi connectivity index (χ2n) is 2.30. The van der Waals surface area contributed by atoms with Gasteiger partial charge in [-0.1, -0.05) is 0 Å². The molecule has 1 aromatic heterocycles. The number of hydrogen-bond acceptors (Lipinski definition) is 2. The highest BCUT2D eigenvalue weighted by Gasteiger charge is 2.04. The third-order valence-electron chi connectivity index (χ3n) is 1.38. The van der Waals surface area contributed by atoms with Crippen LogP contribution in [0.1, 0.15) is 22.6 Å². The van der Waals surface area contributed by atoms with E-state index in [1.807, 2.05) is 19.1 Å². The van der Waals surface area contributed by atoms with Crippen molar-refractivity contribution in [1.29, 1.82) is 5.26 Å². The van der Waals surface area contributed by atoms with E-state index in [9.17, 15) is 0 Å². The highest BCUT2D eigenvalue weighted by molar-refractivity contribution is 7.12. The second-order valence-corrected chi connectivity index (χ2v) is 3.62. The maximum absolute atomic E-state index is 8.55. The molecule has 0 aromatic carbocycles. The van der Waals surface area contributed by atoms with Crippen molar-refractivity contribution in [3.8, 4) is 6.07 Å². The molecule has 52 valence electrons. The van der Waals surface area contributed by atoms with Gasteiger partial charge in [-0.05, 0) is 26.0 Å². The first-order valence-electron chi connectivity index (χ1n) is 3.20. The summed E-state index contributed by atoms with van der Waals surface area (Å²) in [5.74, 6) is 0.0544. The molecule has 0 aliphatic heterocycles. The standard InChI is InChI=1S/C8H9NS/c1-6(5-9)8-4-3-7(2)10-8/h3-4,6H,1-2H3. The van der Waals surface area contributed by atoms with Crippen LogP contribution in [0.25, 0.3) is 0 Å². The van der Waals surface area contributed by atoms with Gasteiger partial charge in [-0.3, -0.25) is 0 Å². The molecule has 0 saturated heterocycles. The van der Waals surface area contributed by atoms with E-state index >= 15 is 0 Å². The SMILES string of the molecule is Cc1ccc(C(C)C#N)s1. The Bertz CT molecular complexity index is 256. The summed E-state index contributed by atoms with van der Waals surface area (Å²) in [5, 5.41) is 8.55. The van der Waals surface area contributed by atoms with E-state index in [0.717, 1.165) is 0 Å². The average Bonchev–Trinajstić information content (AvgIpc) is 2.34. The summed E-state index contributed by atoms with van der Waals surface area (Å²) in [5.41, 5.74) is 0. The van der Waals surface area contributed by atoms with Gasteiger partial charge in [0.05, 0.1) is 12.0 Å². The first-order valence-corrected chi connectivity index (χ1v) is 4.01. The zero-order valence-corrected chi connectivity index (χ0v) is 6.90. The summed E-state index contributed by atoms with van der Waals surface area (Å²) in [4.78, 5) is 2.44. The molecule has 1 heterocycles. The highest BCUT2D eigenvalue weighted by Crippen LogP contribution is 2.22. The monoisotopic (exact) mass is 151 g/mol. The molecule has 0 aliphatic carbocycles. The van der Waals surface area contributed by atoms with Gasteiger partial charge in [0.2, 0.25) is 0 Å². The van der Waals surface area contributed by atoms with Gasteiger partial charge in [0.15, 0.2) is 0 Å². The lowest BCUT2D eigenvalue weighted by atomic mass is 10.2. The summed E-state index contributed by atoms with van der Waals surface area (Å²) in [7, 11) is 0. The lowest BCUT2D eigenvalue weighted by Crippen LogP contribution is -1.81. The minimum Gasteiger partial charge on any atom is -0.198 e. The van der Waals surface area contributed by atoms with Crippen LogP contribution in [0.3, 0.4) is 0 Å². The predicted octanol–water partition coefficient (Wildman–Crippen LogP) is 2.68. The number of nitriles is 1. The van der Waals surface area contributed by atoms with Crippen molar-refractivity contribution >= 4 is 11.3 Å². The molecule has 2 heteroatoms. The molecule has 0 radical (unpaired) electrons. The molecule has 0 aliphatic rings. The zero-order chi connectivity index (χ0) is 7.56. The number of nitrogens with zero attached hydrogens (tertiary/aromatic N) is 1. The number of hydrogen-bond donors (Lipinski definition) is 0. The van der Waals surface area contributed by atoms with Crippen molar-refractivity contribution < 1.29 is 0 Å². The normalized spacial score (nSPS) is 12.5. The van der Waals surface area contributed by atoms with Crippen LogP contribution in [-0.4, -0.2) is 0 Å². The van der Waals surface area contributed by atoms with E-state index in [4.69, 9.17) is 5.26 Å². The van der Waals surface area contributed by atoms with Crippen LogP contribution >= 0.6 is 11.3 Å². The van der Waals surface area contributed by atoms with Gasteiger partial charge in [-0.15, -0.1) is 11.3 Å². The third-order valence-corrected chi connectivity index (χ3v) is 2.56. The van der Waals surface area contributed by atoms with Crippen molar-refractivity contribution in [2.24, 2.45) is 0 Å². The number of aryl methyl sites for hydroxylation is 1. The van der Waals surface area contributed by atoms with E-state index in [1.165, 1.54) is 9.75 Å². The Balaban J connectivity index is 2.87. The summed E-state index contributed by atoms with van der Waals surface area (Å²) in [6, 6.07) is 6.28. The molecule has 1 nitrogen and oxygen atoms in total. The van der Waals surface area contributed by atoms with Crippen LogP contribution in [0.5, 0.6) is 0 Å². The van der Waals surface area contributed by atoms with E-state index in [2.05, 4.69) is 13.0 Å². The Labute approximate surface area is 64.9 Å². The first kappa shape index (κ1) is 7.30. The summed E-state index contributed by atoms with van der Waals surface area (Å²) in [6.07, 6.45) is 0. The maximum atomic E-state index is 8.55. The van der Waals surface area contributed by atoms with Gasteiger partial charge in [0, 0.05) is 9.75 Å². The fourth-order valence-corrected chi connectivity index (χ4v) is 1.62.